The van der Waals surface area contributed by atoms with Crippen molar-refractivity contribution < 1.29 is 4.79 Å². The van der Waals surface area contributed by atoms with Gasteiger partial charge in [0, 0.05) is 31.9 Å². The highest BCUT2D eigenvalue weighted by atomic mass is 16.2. The molecule has 2 N–H and O–H groups in total. The van der Waals surface area contributed by atoms with E-state index in [0.717, 1.165) is 51.1 Å². The van der Waals surface area contributed by atoms with Crippen LogP contribution >= 0.6 is 0 Å². The van der Waals surface area contributed by atoms with Crippen LogP contribution in [-0.2, 0) is 0 Å². The van der Waals surface area contributed by atoms with Crippen molar-refractivity contribution >= 4 is 11.8 Å². The maximum atomic E-state index is 11.8. The standard InChI is InChI=1S/C18H25N5O/c19-12-14-5-6-17(21-13-14)22-10-7-15(8-11-22)16-4-2-1-3-9-23(16)18(20)24/h5-6,13,15-16H,1-4,7-11H2,(H2,20,24)/t16-/m0/s1. The summed E-state index contributed by atoms with van der Waals surface area (Å²) in [5.41, 5.74) is 6.21. The van der Waals surface area contributed by atoms with Gasteiger partial charge >= 0.3 is 6.03 Å². The first-order valence-corrected chi connectivity index (χ1v) is 8.86. The Morgan fingerprint density at radius 3 is 2.58 bits per heavy atom. The molecule has 0 aromatic carbocycles. The van der Waals surface area contributed by atoms with Crippen molar-refractivity contribution in [2.24, 2.45) is 11.7 Å². The molecule has 0 bridgehead atoms. The van der Waals surface area contributed by atoms with E-state index in [1.54, 1.807) is 6.20 Å². The third-order valence-electron chi connectivity index (χ3n) is 5.37. The lowest BCUT2D eigenvalue weighted by atomic mass is 9.86. The summed E-state index contributed by atoms with van der Waals surface area (Å²) in [6.07, 6.45) is 8.24. The highest BCUT2D eigenvalue weighted by Gasteiger charge is 2.33. The van der Waals surface area contributed by atoms with Crippen LogP contribution in [0.3, 0.4) is 0 Å². The van der Waals surface area contributed by atoms with Gasteiger partial charge < -0.3 is 15.5 Å². The summed E-state index contributed by atoms with van der Waals surface area (Å²) in [5.74, 6) is 1.45. The zero-order valence-corrected chi connectivity index (χ0v) is 14.0. The Kier molecular flexibility index (Phi) is 5.19. The number of hydrogen-bond donors (Lipinski definition) is 1. The summed E-state index contributed by atoms with van der Waals surface area (Å²) in [5, 5.41) is 8.86. The van der Waals surface area contributed by atoms with E-state index in [2.05, 4.69) is 16.0 Å². The molecule has 1 aromatic heterocycles. The van der Waals surface area contributed by atoms with Crippen LogP contribution in [-0.4, -0.2) is 41.6 Å². The molecule has 2 fully saturated rings. The number of likely N-dealkylation sites (tertiary alicyclic amines) is 1. The van der Waals surface area contributed by atoms with Crippen LogP contribution in [0.1, 0.15) is 44.1 Å². The van der Waals surface area contributed by atoms with E-state index in [9.17, 15) is 4.79 Å². The predicted molar refractivity (Wildman–Crippen MR) is 92.4 cm³/mol. The van der Waals surface area contributed by atoms with Gasteiger partial charge in [-0.25, -0.2) is 9.78 Å². The highest BCUT2D eigenvalue weighted by Crippen LogP contribution is 2.31. The first-order chi connectivity index (χ1) is 11.7. The molecule has 0 saturated carbocycles. The molecular weight excluding hydrogens is 302 g/mol. The van der Waals surface area contributed by atoms with Crippen molar-refractivity contribution in [1.29, 1.82) is 5.26 Å². The molecule has 6 nitrogen and oxygen atoms in total. The van der Waals surface area contributed by atoms with Gasteiger partial charge in [-0.1, -0.05) is 12.8 Å². The van der Waals surface area contributed by atoms with E-state index in [1.165, 1.54) is 12.8 Å². The van der Waals surface area contributed by atoms with Gasteiger partial charge in [0.15, 0.2) is 0 Å². The lowest BCUT2D eigenvalue weighted by Gasteiger charge is -2.40. The number of rotatable bonds is 2. The van der Waals surface area contributed by atoms with E-state index in [4.69, 9.17) is 11.0 Å². The maximum absolute atomic E-state index is 11.8. The second kappa shape index (κ2) is 7.52. The second-order valence-corrected chi connectivity index (χ2v) is 6.79. The molecule has 0 spiro atoms. The number of aromatic nitrogens is 1. The number of carbonyl (C=O) groups excluding carboxylic acids is 1. The van der Waals surface area contributed by atoms with Gasteiger partial charge in [-0.15, -0.1) is 0 Å². The van der Waals surface area contributed by atoms with E-state index in [0.29, 0.717) is 17.5 Å². The minimum absolute atomic E-state index is 0.266. The Labute approximate surface area is 143 Å². The summed E-state index contributed by atoms with van der Waals surface area (Å²) in [6, 6.07) is 5.86. The topological polar surface area (TPSA) is 86.3 Å². The molecule has 0 radical (unpaired) electrons. The first-order valence-electron chi connectivity index (χ1n) is 8.86. The minimum Gasteiger partial charge on any atom is -0.357 e. The maximum Gasteiger partial charge on any atom is 0.315 e. The summed E-state index contributed by atoms with van der Waals surface area (Å²) < 4.78 is 0. The molecule has 6 heteroatoms. The number of amides is 2. The van der Waals surface area contributed by atoms with Gasteiger partial charge in [0.1, 0.15) is 11.9 Å². The molecule has 0 unspecified atom stereocenters. The zero-order valence-electron chi connectivity index (χ0n) is 14.0. The number of carbonyl (C=O) groups is 1. The van der Waals surface area contributed by atoms with Gasteiger partial charge in [0.05, 0.1) is 5.56 Å². The van der Waals surface area contributed by atoms with Crippen molar-refractivity contribution in [2.45, 2.75) is 44.6 Å². The van der Waals surface area contributed by atoms with E-state index < -0.39 is 0 Å². The Balaban J connectivity index is 1.62. The van der Waals surface area contributed by atoms with Crippen molar-refractivity contribution in [3.05, 3.63) is 23.9 Å². The van der Waals surface area contributed by atoms with Crippen LogP contribution in [0, 0.1) is 17.2 Å². The lowest BCUT2D eigenvalue weighted by molar-refractivity contribution is 0.143. The third kappa shape index (κ3) is 3.61. The Morgan fingerprint density at radius 2 is 1.96 bits per heavy atom. The van der Waals surface area contributed by atoms with Gasteiger partial charge in [-0.2, -0.15) is 5.26 Å². The summed E-state index contributed by atoms with van der Waals surface area (Å²) in [4.78, 5) is 20.4. The molecular formula is C18H25N5O. The molecule has 3 heterocycles. The quantitative estimate of drug-likeness (QED) is 0.904. The number of piperidine rings is 1. The average Bonchev–Trinajstić information content (AvgIpc) is 2.88. The molecule has 2 aliphatic heterocycles. The summed E-state index contributed by atoms with van der Waals surface area (Å²) >= 11 is 0. The third-order valence-corrected chi connectivity index (χ3v) is 5.37. The molecule has 0 aliphatic carbocycles. The number of primary amides is 1. The van der Waals surface area contributed by atoms with Crippen LogP contribution in [0.2, 0.25) is 0 Å². The molecule has 3 rings (SSSR count). The number of urea groups is 1. The molecule has 1 atom stereocenters. The largest absolute Gasteiger partial charge is 0.357 e. The van der Waals surface area contributed by atoms with Crippen LogP contribution in [0.4, 0.5) is 10.6 Å². The molecule has 24 heavy (non-hydrogen) atoms. The van der Waals surface area contributed by atoms with Crippen molar-refractivity contribution in [3.8, 4) is 6.07 Å². The number of hydrogen-bond acceptors (Lipinski definition) is 4. The van der Waals surface area contributed by atoms with E-state index >= 15 is 0 Å². The monoisotopic (exact) mass is 327 g/mol. The molecule has 2 aliphatic rings. The van der Waals surface area contributed by atoms with Gasteiger partial charge in [0.2, 0.25) is 0 Å². The molecule has 128 valence electrons. The van der Waals surface area contributed by atoms with Gasteiger partial charge in [-0.05, 0) is 43.7 Å². The number of anilines is 1. The number of nitriles is 1. The van der Waals surface area contributed by atoms with Crippen LogP contribution in [0.25, 0.3) is 0 Å². The predicted octanol–water partition coefficient (Wildman–Crippen LogP) is 2.49. The lowest BCUT2D eigenvalue weighted by Crippen LogP contribution is -2.49. The fourth-order valence-electron chi connectivity index (χ4n) is 4.05. The molecule has 2 saturated heterocycles. The summed E-state index contributed by atoms with van der Waals surface area (Å²) in [7, 11) is 0. The van der Waals surface area contributed by atoms with Crippen molar-refractivity contribution in [1.82, 2.24) is 9.88 Å². The first kappa shape index (κ1) is 16.6. The SMILES string of the molecule is N#Cc1ccc(N2CCC([C@@H]3CCCCCN3C(N)=O)CC2)nc1. The normalized spacial score (nSPS) is 22.7. The Bertz CT molecular complexity index is 601. The van der Waals surface area contributed by atoms with E-state index in [1.807, 2.05) is 17.0 Å². The molecule has 2 amide bonds. The fraction of sp³-hybridized carbons (Fsp3) is 0.611. The van der Waals surface area contributed by atoms with Crippen LogP contribution < -0.4 is 10.6 Å². The van der Waals surface area contributed by atoms with Crippen LogP contribution in [0.15, 0.2) is 18.3 Å². The highest BCUT2D eigenvalue weighted by molar-refractivity contribution is 5.72. The summed E-state index contributed by atoms with van der Waals surface area (Å²) in [6.45, 7) is 2.68. The number of nitrogens with two attached hydrogens (primary N) is 1. The van der Waals surface area contributed by atoms with Crippen molar-refractivity contribution in [3.63, 3.8) is 0 Å². The van der Waals surface area contributed by atoms with Gasteiger partial charge in [-0.3, -0.25) is 0 Å². The minimum atomic E-state index is -0.266. The smallest absolute Gasteiger partial charge is 0.315 e. The molecule has 1 aromatic rings. The Hall–Kier alpha value is -2.29. The zero-order chi connectivity index (χ0) is 16.9. The van der Waals surface area contributed by atoms with Crippen molar-refractivity contribution in [2.75, 3.05) is 24.5 Å². The van der Waals surface area contributed by atoms with Gasteiger partial charge in [0.25, 0.3) is 0 Å². The average molecular weight is 327 g/mol. The number of nitrogens with zero attached hydrogens (tertiary/aromatic N) is 4. The Morgan fingerprint density at radius 1 is 1.17 bits per heavy atom. The van der Waals surface area contributed by atoms with E-state index in [-0.39, 0.29) is 6.03 Å². The second-order valence-electron chi connectivity index (χ2n) is 6.79. The van der Waals surface area contributed by atoms with Crippen LogP contribution in [0.5, 0.6) is 0 Å². The number of pyridine rings is 1. The fourth-order valence-corrected chi connectivity index (χ4v) is 4.05.